The second-order valence-corrected chi connectivity index (χ2v) is 6.59. The quantitative estimate of drug-likeness (QED) is 0.486. The summed E-state index contributed by atoms with van der Waals surface area (Å²) in [6, 6.07) is 10.8. The highest BCUT2D eigenvalue weighted by molar-refractivity contribution is 5.97. The Hall–Kier alpha value is -3.03. The highest BCUT2D eigenvalue weighted by Gasteiger charge is 2.17. The van der Waals surface area contributed by atoms with Gasteiger partial charge in [0.2, 0.25) is 5.91 Å². The second-order valence-electron chi connectivity index (χ2n) is 6.59. The molecule has 2 aromatic rings. The lowest BCUT2D eigenvalue weighted by Gasteiger charge is -2.18. The Morgan fingerprint density at radius 1 is 0.967 bits per heavy atom. The fraction of sp³-hybridized carbons (Fsp3) is 0.409. The molecule has 1 unspecified atom stereocenters. The van der Waals surface area contributed by atoms with Crippen LogP contribution in [0.5, 0.6) is 17.2 Å². The van der Waals surface area contributed by atoms with Gasteiger partial charge in [-0.25, -0.2) is 0 Å². The number of rotatable bonds is 12. The van der Waals surface area contributed by atoms with E-state index in [0.717, 1.165) is 12.8 Å². The average molecular weight is 422 g/mol. The Morgan fingerprint density at radius 3 is 2.30 bits per heavy atom. The van der Waals surface area contributed by atoms with Gasteiger partial charge in [0, 0.05) is 11.8 Å². The molecular formula is C22H28F2N2O4. The lowest BCUT2D eigenvalue weighted by Crippen LogP contribution is -2.32. The average Bonchev–Trinajstić information content (AvgIpc) is 2.72. The number of benzene rings is 2. The van der Waals surface area contributed by atoms with Crippen LogP contribution in [0.25, 0.3) is 0 Å². The maximum Gasteiger partial charge on any atom is 0.387 e. The van der Waals surface area contributed by atoms with E-state index in [1.165, 1.54) is 12.1 Å². The van der Waals surface area contributed by atoms with Crippen LogP contribution in [0.1, 0.15) is 33.6 Å². The molecule has 0 bridgehead atoms. The van der Waals surface area contributed by atoms with Gasteiger partial charge in [-0.05, 0) is 44.0 Å². The van der Waals surface area contributed by atoms with Crippen LogP contribution >= 0.6 is 0 Å². The second kappa shape index (κ2) is 11.8. The molecule has 0 aliphatic carbocycles. The number of alkyl halides is 2. The molecule has 0 radical (unpaired) electrons. The molecule has 2 N–H and O–H groups in total. The molecule has 0 saturated carbocycles. The fourth-order valence-corrected chi connectivity index (χ4v) is 2.58. The summed E-state index contributed by atoms with van der Waals surface area (Å²) >= 11 is 0. The zero-order chi connectivity index (χ0) is 21.9. The summed E-state index contributed by atoms with van der Waals surface area (Å²) < 4.78 is 41.0. The molecule has 0 saturated heterocycles. The molecular weight excluding hydrogens is 394 g/mol. The van der Waals surface area contributed by atoms with Gasteiger partial charge in [0.1, 0.15) is 11.8 Å². The van der Waals surface area contributed by atoms with Crippen molar-refractivity contribution in [2.45, 2.75) is 46.3 Å². The number of amides is 1. The van der Waals surface area contributed by atoms with Crippen molar-refractivity contribution in [3.8, 4) is 17.2 Å². The summed E-state index contributed by atoms with van der Waals surface area (Å²) in [5, 5.41) is 5.69. The monoisotopic (exact) mass is 422 g/mol. The Morgan fingerprint density at radius 2 is 1.63 bits per heavy atom. The summed E-state index contributed by atoms with van der Waals surface area (Å²) in [5.41, 5.74) is 0.844. The lowest BCUT2D eigenvalue weighted by molar-refractivity contribution is -0.116. The van der Waals surface area contributed by atoms with Crippen molar-refractivity contribution in [2.24, 2.45) is 0 Å². The van der Waals surface area contributed by atoms with Crippen molar-refractivity contribution in [2.75, 3.05) is 23.8 Å². The van der Waals surface area contributed by atoms with E-state index < -0.39 is 18.6 Å². The smallest absolute Gasteiger partial charge is 0.387 e. The summed E-state index contributed by atoms with van der Waals surface area (Å²) in [7, 11) is 0. The molecule has 164 valence electrons. The first-order chi connectivity index (χ1) is 14.4. The third kappa shape index (κ3) is 7.09. The van der Waals surface area contributed by atoms with Crippen LogP contribution in [0, 0.1) is 0 Å². The molecule has 1 amide bonds. The van der Waals surface area contributed by atoms with Crippen molar-refractivity contribution < 1.29 is 27.8 Å². The molecule has 2 rings (SSSR count). The topological polar surface area (TPSA) is 68.8 Å². The maximum absolute atomic E-state index is 12.6. The SMILES string of the molecule is CCCOc1ccc(NC(C)C(=O)Nc2ccccc2OC(F)F)cc1OCCC. The minimum atomic E-state index is -2.98. The lowest BCUT2D eigenvalue weighted by atomic mass is 10.2. The van der Waals surface area contributed by atoms with E-state index in [1.54, 1.807) is 37.3 Å². The van der Waals surface area contributed by atoms with E-state index in [0.29, 0.717) is 30.4 Å². The molecule has 0 aromatic heterocycles. The van der Waals surface area contributed by atoms with Crippen LogP contribution in [-0.2, 0) is 4.79 Å². The summed E-state index contributed by atoms with van der Waals surface area (Å²) in [6.45, 7) is 3.84. The van der Waals surface area contributed by atoms with E-state index in [-0.39, 0.29) is 11.4 Å². The van der Waals surface area contributed by atoms with Crippen molar-refractivity contribution >= 4 is 17.3 Å². The number of nitrogens with one attached hydrogen (secondary N) is 2. The highest BCUT2D eigenvalue weighted by atomic mass is 19.3. The number of anilines is 2. The molecule has 30 heavy (non-hydrogen) atoms. The molecule has 1 atom stereocenters. The van der Waals surface area contributed by atoms with Gasteiger partial charge in [-0.3, -0.25) is 4.79 Å². The number of hydrogen-bond donors (Lipinski definition) is 2. The Balaban J connectivity index is 2.07. The number of halogens is 2. The number of carbonyl (C=O) groups excluding carboxylic acids is 1. The van der Waals surface area contributed by atoms with E-state index in [2.05, 4.69) is 15.4 Å². The maximum atomic E-state index is 12.6. The zero-order valence-corrected chi connectivity index (χ0v) is 17.4. The van der Waals surface area contributed by atoms with Crippen LogP contribution < -0.4 is 24.8 Å². The van der Waals surface area contributed by atoms with Crippen molar-refractivity contribution in [3.63, 3.8) is 0 Å². The largest absolute Gasteiger partial charge is 0.490 e. The summed E-state index contributed by atoms with van der Waals surface area (Å²) in [6.07, 6.45) is 1.73. The van der Waals surface area contributed by atoms with Crippen molar-refractivity contribution in [3.05, 3.63) is 42.5 Å². The first kappa shape index (κ1) is 23.3. The highest BCUT2D eigenvalue weighted by Crippen LogP contribution is 2.31. The van der Waals surface area contributed by atoms with Crippen LogP contribution in [0.3, 0.4) is 0 Å². The molecule has 0 fully saturated rings. The Bertz CT molecular complexity index is 817. The van der Waals surface area contributed by atoms with E-state index in [9.17, 15) is 13.6 Å². The zero-order valence-electron chi connectivity index (χ0n) is 17.4. The van der Waals surface area contributed by atoms with Gasteiger partial charge in [0.05, 0.1) is 18.9 Å². The minimum absolute atomic E-state index is 0.0965. The molecule has 0 spiro atoms. The summed E-state index contributed by atoms with van der Waals surface area (Å²) in [4.78, 5) is 12.5. The van der Waals surface area contributed by atoms with E-state index in [1.807, 2.05) is 13.8 Å². The first-order valence-corrected chi connectivity index (χ1v) is 9.95. The third-order valence-electron chi connectivity index (χ3n) is 4.00. The van der Waals surface area contributed by atoms with Crippen LogP contribution in [-0.4, -0.2) is 31.8 Å². The standard InChI is InChI=1S/C22H28F2N2O4/c1-4-12-28-19-11-10-16(14-20(19)29-13-5-2)25-15(3)21(27)26-17-8-6-7-9-18(17)30-22(23)24/h6-11,14-15,22,25H,4-5,12-13H2,1-3H3,(H,26,27). The normalized spacial score (nSPS) is 11.7. The summed E-state index contributed by atoms with van der Waals surface area (Å²) in [5.74, 6) is 0.744. The van der Waals surface area contributed by atoms with Crippen molar-refractivity contribution in [1.29, 1.82) is 0 Å². The molecule has 8 heteroatoms. The predicted octanol–water partition coefficient (Wildman–Crippen LogP) is 5.30. The van der Waals surface area contributed by atoms with Gasteiger partial charge in [0.15, 0.2) is 11.5 Å². The van der Waals surface area contributed by atoms with Crippen LogP contribution in [0.4, 0.5) is 20.2 Å². The molecule has 0 aliphatic rings. The molecule has 6 nitrogen and oxygen atoms in total. The number of hydrogen-bond acceptors (Lipinski definition) is 5. The minimum Gasteiger partial charge on any atom is -0.490 e. The number of carbonyl (C=O) groups is 1. The number of para-hydroxylation sites is 2. The Labute approximate surface area is 175 Å². The predicted molar refractivity (Wildman–Crippen MR) is 113 cm³/mol. The molecule has 2 aromatic carbocycles. The number of ether oxygens (including phenoxy) is 3. The Kier molecular flexibility index (Phi) is 9.18. The van der Waals surface area contributed by atoms with Crippen LogP contribution in [0.15, 0.2) is 42.5 Å². The first-order valence-electron chi connectivity index (χ1n) is 9.95. The van der Waals surface area contributed by atoms with E-state index >= 15 is 0 Å². The third-order valence-corrected chi connectivity index (χ3v) is 4.00. The van der Waals surface area contributed by atoms with Gasteiger partial charge in [-0.1, -0.05) is 26.0 Å². The van der Waals surface area contributed by atoms with Crippen LogP contribution in [0.2, 0.25) is 0 Å². The van der Waals surface area contributed by atoms with Gasteiger partial charge in [-0.2, -0.15) is 8.78 Å². The van der Waals surface area contributed by atoms with Gasteiger partial charge >= 0.3 is 6.61 Å². The van der Waals surface area contributed by atoms with E-state index in [4.69, 9.17) is 9.47 Å². The fourth-order valence-electron chi connectivity index (χ4n) is 2.58. The van der Waals surface area contributed by atoms with Crippen molar-refractivity contribution in [1.82, 2.24) is 0 Å². The van der Waals surface area contributed by atoms with Gasteiger partial charge < -0.3 is 24.8 Å². The molecule has 0 aliphatic heterocycles. The van der Waals surface area contributed by atoms with Gasteiger partial charge in [0.25, 0.3) is 0 Å². The molecule has 0 heterocycles. The van der Waals surface area contributed by atoms with Gasteiger partial charge in [-0.15, -0.1) is 0 Å².